The van der Waals surface area contributed by atoms with Crippen LogP contribution in [-0.2, 0) is 20.1 Å². The van der Waals surface area contributed by atoms with Crippen LogP contribution >= 0.6 is 12.2 Å². The molecule has 1 N–H and O–H groups in total. The molecule has 6 nitrogen and oxygen atoms in total. The van der Waals surface area contributed by atoms with Crippen LogP contribution in [0.15, 0.2) is 9.59 Å². The average Bonchev–Trinajstić information content (AvgIpc) is 2.62. The maximum Gasteiger partial charge on any atom is 0.332 e. The number of aromatic nitrogens is 4. The molecule has 0 saturated heterocycles. The molecular weight excluding hydrogens is 252 g/mol. The zero-order chi connectivity index (χ0) is 13.4. The summed E-state index contributed by atoms with van der Waals surface area (Å²) in [5.74, 6) is 0. The molecule has 0 aliphatic rings. The highest BCUT2D eigenvalue weighted by molar-refractivity contribution is 7.71. The molecule has 0 aromatic carbocycles. The standard InChI is InChI=1S/C11H16N4O2S/c1-4-6-15-8-7(13(3)10(18)12-8)9(16)14(5-2)11(15)17/h4-6H2,1-3H3,(H,12,18). The Bertz CT molecular complexity index is 762. The van der Waals surface area contributed by atoms with E-state index in [-0.39, 0.29) is 11.2 Å². The monoisotopic (exact) mass is 268 g/mol. The van der Waals surface area contributed by atoms with Gasteiger partial charge < -0.3 is 9.55 Å². The lowest BCUT2D eigenvalue weighted by atomic mass is 10.4. The van der Waals surface area contributed by atoms with E-state index >= 15 is 0 Å². The van der Waals surface area contributed by atoms with E-state index in [1.54, 1.807) is 23.1 Å². The van der Waals surface area contributed by atoms with Gasteiger partial charge in [0.1, 0.15) is 5.65 Å². The lowest BCUT2D eigenvalue weighted by Crippen LogP contribution is -2.40. The first-order chi connectivity index (χ1) is 8.52. The van der Waals surface area contributed by atoms with Crippen molar-refractivity contribution < 1.29 is 0 Å². The number of hydrogen-bond donors (Lipinski definition) is 1. The van der Waals surface area contributed by atoms with Crippen LogP contribution in [0.1, 0.15) is 20.3 Å². The maximum absolute atomic E-state index is 12.2. The molecule has 0 aliphatic heterocycles. The van der Waals surface area contributed by atoms with Crippen LogP contribution in [0, 0.1) is 4.77 Å². The van der Waals surface area contributed by atoms with Crippen molar-refractivity contribution in [1.29, 1.82) is 0 Å². The number of rotatable bonds is 3. The predicted molar refractivity (Wildman–Crippen MR) is 72.6 cm³/mol. The molecule has 18 heavy (non-hydrogen) atoms. The Labute approximate surface area is 108 Å². The number of H-pyrrole nitrogens is 1. The highest BCUT2D eigenvalue weighted by atomic mass is 32.1. The number of imidazole rings is 1. The van der Waals surface area contributed by atoms with Gasteiger partial charge in [0, 0.05) is 20.1 Å². The molecule has 0 atom stereocenters. The summed E-state index contributed by atoms with van der Waals surface area (Å²) in [5.41, 5.74) is 0.396. The number of hydrogen-bond acceptors (Lipinski definition) is 3. The number of nitrogens with zero attached hydrogens (tertiary/aromatic N) is 3. The first kappa shape index (κ1) is 12.8. The molecule has 0 saturated carbocycles. The van der Waals surface area contributed by atoms with E-state index in [2.05, 4.69) is 4.98 Å². The van der Waals surface area contributed by atoms with Crippen molar-refractivity contribution in [1.82, 2.24) is 18.7 Å². The predicted octanol–water partition coefficient (Wildman–Crippen LogP) is 0.989. The summed E-state index contributed by atoms with van der Waals surface area (Å²) < 4.78 is 4.88. The fourth-order valence-corrected chi connectivity index (χ4v) is 2.30. The topological polar surface area (TPSA) is 64.7 Å². The molecule has 0 bridgehead atoms. The number of aryl methyl sites for hydroxylation is 2. The highest BCUT2D eigenvalue weighted by Gasteiger charge is 2.15. The van der Waals surface area contributed by atoms with Gasteiger partial charge in [-0.3, -0.25) is 13.9 Å². The molecule has 7 heteroatoms. The van der Waals surface area contributed by atoms with Gasteiger partial charge in [0.25, 0.3) is 5.56 Å². The van der Waals surface area contributed by atoms with E-state index in [1.165, 1.54) is 4.57 Å². The van der Waals surface area contributed by atoms with Gasteiger partial charge in [-0.05, 0) is 25.6 Å². The Morgan fingerprint density at radius 2 is 1.89 bits per heavy atom. The molecule has 0 radical (unpaired) electrons. The highest BCUT2D eigenvalue weighted by Crippen LogP contribution is 2.07. The van der Waals surface area contributed by atoms with Crippen LogP contribution in [0.2, 0.25) is 0 Å². The lowest BCUT2D eigenvalue weighted by molar-refractivity contribution is 0.579. The van der Waals surface area contributed by atoms with E-state index < -0.39 is 0 Å². The zero-order valence-corrected chi connectivity index (χ0v) is 11.5. The minimum Gasteiger partial charge on any atom is -0.316 e. The molecule has 0 amide bonds. The summed E-state index contributed by atoms with van der Waals surface area (Å²) in [7, 11) is 1.73. The first-order valence-electron chi connectivity index (χ1n) is 5.95. The maximum atomic E-state index is 12.2. The normalized spacial score (nSPS) is 11.3. The minimum absolute atomic E-state index is 0.284. The van der Waals surface area contributed by atoms with Gasteiger partial charge in [-0.15, -0.1) is 0 Å². The summed E-state index contributed by atoms with van der Waals surface area (Å²) in [4.78, 5) is 27.4. The van der Waals surface area contributed by atoms with E-state index in [1.807, 2.05) is 6.92 Å². The third kappa shape index (κ3) is 1.66. The Morgan fingerprint density at radius 1 is 1.22 bits per heavy atom. The van der Waals surface area contributed by atoms with E-state index in [0.29, 0.717) is 29.0 Å². The van der Waals surface area contributed by atoms with Crippen LogP contribution in [0.25, 0.3) is 11.2 Å². The van der Waals surface area contributed by atoms with Gasteiger partial charge in [0.15, 0.2) is 10.3 Å². The first-order valence-corrected chi connectivity index (χ1v) is 6.36. The lowest BCUT2D eigenvalue weighted by Gasteiger charge is -2.09. The molecule has 0 aliphatic carbocycles. The zero-order valence-electron chi connectivity index (χ0n) is 10.7. The van der Waals surface area contributed by atoms with Gasteiger partial charge in [-0.1, -0.05) is 6.92 Å². The van der Waals surface area contributed by atoms with Crippen molar-refractivity contribution in [2.75, 3.05) is 0 Å². The molecule has 2 aromatic rings. The third-order valence-electron chi connectivity index (χ3n) is 3.03. The molecule has 2 aromatic heterocycles. The fraction of sp³-hybridized carbons (Fsp3) is 0.545. The molecule has 2 heterocycles. The quantitative estimate of drug-likeness (QED) is 0.844. The second-order valence-corrected chi connectivity index (χ2v) is 4.56. The van der Waals surface area contributed by atoms with Crippen LogP contribution in [0.4, 0.5) is 0 Å². The number of aromatic amines is 1. The van der Waals surface area contributed by atoms with Gasteiger partial charge >= 0.3 is 5.69 Å². The second kappa shape index (κ2) is 4.56. The molecule has 0 fully saturated rings. The van der Waals surface area contributed by atoms with E-state index in [0.717, 1.165) is 6.42 Å². The summed E-state index contributed by atoms with van der Waals surface area (Å²) >= 11 is 5.12. The Balaban J connectivity index is 3.08. The van der Waals surface area contributed by atoms with Crippen LogP contribution in [0.3, 0.4) is 0 Å². The minimum atomic E-state index is -0.292. The largest absolute Gasteiger partial charge is 0.332 e. The Kier molecular flexibility index (Phi) is 3.25. The van der Waals surface area contributed by atoms with E-state index in [4.69, 9.17) is 12.2 Å². The SMILES string of the molecule is CCCn1c(=O)n(CC)c(=O)c2c1[nH]c(=S)n2C. The van der Waals surface area contributed by atoms with Crippen molar-refractivity contribution in [2.45, 2.75) is 33.4 Å². The van der Waals surface area contributed by atoms with Gasteiger partial charge in [0.05, 0.1) is 0 Å². The fourth-order valence-electron chi connectivity index (χ4n) is 2.11. The van der Waals surface area contributed by atoms with Gasteiger partial charge in [0.2, 0.25) is 0 Å². The van der Waals surface area contributed by atoms with Crippen molar-refractivity contribution in [2.24, 2.45) is 7.05 Å². The Morgan fingerprint density at radius 3 is 2.44 bits per heavy atom. The summed E-state index contributed by atoms with van der Waals surface area (Å²) in [5, 5.41) is 0. The summed E-state index contributed by atoms with van der Waals surface area (Å²) in [6, 6.07) is 0. The average molecular weight is 268 g/mol. The van der Waals surface area contributed by atoms with Crippen molar-refractivity contribution in [3.8, 4) is 0 Å². The Hall–Kier alpha value is -1.63. The second-order valence-electron chi connectivity index (χ2n) is 4.17. The van der Waals surface area contributed by atoms with Crippen molar-refractivity contribution >= 4 is 23.4 Å². The number of nitrogens with one attached hydrogen (secondary N) is 1. The molecule has 0 spiro atoms. The van der Waals surface area contributed by atoms with Crippen LogP contribution < -0.4 is 11.2 Å². The summed E-state index contributed by atoms with van der Waals surface area (Å²) in [6.45, 7) is 4.68. The molecule has 2 rings (SSSR count). The van der Waals surface area contributed by atoms with E-state index in [9.17, 15) is 9.59 Å². The van der Waals surface area contributed by atoms with Gasteiger partial charge in [-0.2, -0.15) is 0 Å². The van der Waals surface area contributed by atoms with Crippen LogP contribution in [-0.4, -0.2) is 18.7 Å². The molecule has 0 unspecified atom stereocenters. The smallest absolute Gasteiger partial charge is 0.316 e. The van der Waals surface area contributed by atoms with Gasteiger partial charge in [-0.25, -0.2) is 4.79 Å². The summed E-state index contributed by atoms with van der Waals surface area (Å²) in [6.07, 6.45) is 0.812. The van der Waals surface area contributed by atoms with Crippen molar-refractivity contribution in [3.63, 3.8) is 0 Å². The van der Waals surface area contributed by atoms with Crippen molar-refractivity contribution in [3.05, 3.63) is 25.6 Å². The number of fused-ring (bicyclic) bond motifs is 1. The van der Waals surface area contributed by atoms with Crippen LogP contribution in [0.5, 0.6) is 0 Å². The molecule has 98 valence electrons. The third-order valence-corrected chi connectivity index (χ3v) is 3.41. The molecular formula is C11H16N4O2S.